The fourth-order valence-electron chi connectivity index (χ4n) is 3.01. The van der Waals surface area contributed by atoms with Crippen LogP contribution in [0, 0.1) is 5.82 Å². The molecule has 3 heterocycles. The number of pyridine rings is 1. The number of benzene rings is 1. The first-order valence-electron chi connectivity index (χ1n) is 8.06. The Morgan fingerprint density at radius 1 is 1.38 bits per heavy atom. The highest BCUT2D eigenvalue weighted by molar-refractivity contribution is 6.32. The van der Waals surface area contributed by atoms with Crippen molar-refractivity contribution in [2.45, 2.75) is 13.0 Å². The van der Waals surface area contributed by atoms with Crippen molar-refractivity contribution in [1.29, 1.82) is 0 Å². The first-order valence-corrected chi connectivity index (χ1v) is 8.44. The molecule has 0 radical (unpaired) electrons. The van der Waals surface area contributed by atoms with Gasteiger partial charge in [-0.3, -0.25) is 9.20 Å². The lowest BCUT2D eigenvalue weighted by Gasteiger charge is -2.21. The first kappa shape index (κ1) is 16.8. The Balaban J connectivity index is 1.49. The third-order valence-corrected chi connectivity index (χ3v) is 4.40. The zero-order valence-corrected chi connectivity index (χ0v) is 14.4. The Morgan fingerprint density at radius 3 is 3.15 bits per heavy atom. The zero-order valence-electron chi connectivity index (χ0n) is 13.7. The van der Waals surface area contributed by atoms with Crippen LogP contribution in [0.3, 0.4) is 0 Å². The van der Waals surface area contributed by atoms with Crippen molar-refractivity contribution in [3.63, 3.8) is 0 Å². The molecule has 0 bridgehead atoms. The van der Waals surface area contributed by atoms with Crippen LogP contribution < -0.4 is 10.1 Å². The number of amides is 1. The number of hydrogen-bond donors (Lipinski definition) is 1. The molecular weight excluding hydrogens is 361 g/mol. The molecule has 0 saturated heterocycles. The number of nitrogens with zero attached hydrogens (tertiary/aromatic N) is 2. The highest BCUT2D eigenvalue weighted by Crippen LogP contribution is 2.29. The molecule has 0 spiro atoms. The van der Waals surface area contributed by atoms with Crippen molar-refractivity contribution in [1.82, 2.24) is 14.7 Å². The van der Waals surface area contributed by atoms with Crippen LogP contribution in [0.25, 0.3) is 5.65 Å². The van der Waals surface area contributed by atoms with E-state index in [2.05, 4.69) is 10.3 Å². The molecule has 0 saturated carbocycles. The molecule has 0 fully saturated rings. The van der Waals surface area contributed by atoms with Gasteiger partial charge in [0, 0.05) is 18.3 Å². The minimum absolute atomic E-state index is 0.134. The topological polar surface area (TPSA) is 64.9 Å². The Hall–Kier alpha value is -2.64. The highest BCUT2D eigenvalue weighted by Gasteiger charge is 2.19. The third kappa shape index (κ3) is 3.11. The van der Waals surface area contributed by atoms with Gasteiger partial charge in [-0.05, 0) is 36.2 Å². The second-order valence-electron chi connectivity index (χ2n) is 5.85. The molecular formula is C18H15ClFN3O3. The van der Waals surface area contributed by atoms with Crippen molar-refractivity contribution in [2.24, 2.45) is 0 Å². The van der Waals surface area contributed by atoms with E-state index in [1.807, 2.05) is 6.07 Å². The molecule has 2 aromatic heterocycles. The van der Waals surface area contributed by atoms with Gasteiger partial charge in [0.2, 0.25) is 0 Å². The van der Waals surface area contributed by atoms with Gasteiger partial charge in [-0.1, -0.05) is 17.7 Å². The van der Waals surface area contributed by atoms with Crippen molar-refractivity contribution < 1.29 is 18.7 Å². The van der Waals surface area contributed by atoms with Crippen LogP contribution >= 0.6 is 11.6 Å². The van der Waals surface area contributed by atoms with E-state index in [0.717, 1.165) is 0 Å². The molecule has 0 atom stereocenters. The number of carbonyl (C=O) groups is 1. The fourth-order valence-corrected chi connectivity index (χ4v) is 3.27. The van der Waals surface area contributed by atoms with Gasteiger partial charge in [-0.15, -0.1) is 0 Å². The van der Waals surface area contributed by atoms with E-state index in [1.54, 1.807) is 22.7 Å². The molecule has 0 aliphatic carbocycles. The molecule has 3 aromatic rings. The quantitative estimate of drug-likeness (QED) is 0.761. The van der Waals surface area contributed by atoms with Crippen LogP contribution in [-0.4, -0.2) is 28.6 Å². The Kier molecular flexibility index (Phi) is 4.48. The summed E-state index contributed by atoms with van der Waals surface area (Å²) in [4.78, 5) is 16.7. The van der Waals surface area contributed by atoms with Gasteiger partial charge in [0.25, 0.3) is 5.91 Å². The van der Waals surface area contributed by atoms with E-state index in [9.17, 15) is 9.18 Å². The molecule has 4 rings (SSSR count). The normalized spacial score (nSPS) is 13.3. The summed E-state index contributed by atoms with van der Waals surface area (Å²) in [7, 11) is 0. The Labute approximate surface area is 153 Å². The van der Waals surface area contributed by atoms with Crippen LogP contribution in [0.4, 0.5) is 4.39 Å². The molecule has 1 aromatic carbocycles. The summed E-state index contributed by atoms with van der Waals surface area (Å²) in [6.07, 6.45) is 2.14. The summed E-state index contributed by atoms with van der Waals surface area (Å²) in [5, 5.41) is 2.94. The first-order chi connectivity index (χ1) is 12.6. The molecule has 8 heteroatoms. The van der Waals surface area contributed by atoms with Crippen LogP contribution in [0.1, 0.15) is 21.6 Å². The van der Waals surface area contributed by atoms with Crippen molar-refractivity contribution in [2.75, 3.05) is 13.3 Å². The van der Waals surface area contributed by atoms with Crippen molar-refractivity contribution in [3.8, 4) is 5.75 Å². The zero-order chi connectivity index (χ0) is 18.1. The SMILES string of the molecule is O=C(NCCc1cc(F)cc2c1OCOC2)c1c(Cl)nc2ccccn12. The number of fused-ring (bicyclic) bond motifs is 2. The smallest absolute Gasteiger partial charge is 0.271 e. The summed E-state index contributed by atoms with van der Waals surface area (Å²) in [5.74, 6) is -0.0769. The predicted molar refractivity (Wildman–Crippen MR) is 92.9 cm³/mol. The summed E-state index contributed by atoms with van der Waals surface area (Å²) in [6.45, 7) is 0.745. The molecule has 1 N–H and O–H groups in total. The second-order valence-corrected chi connectivity index (χ2v) is 6.21. The number of aromatic nitrogens is 2. The third-order valence-electron chi connectivity index (χ3n) is 4.13. The number of nitrogens with one attached hydrogen (secondary N) is 1. The second kappa shape index (κ2) is 6.93. The highest BCUT2D eigenvalue weighted by atomic mass is 35.5. The molecule has 1 aliphatic rings. The summed E-state index contributed by atoms with van der Waals surface area (Å²) in [5.41, 5.74) is 2.22. The Morgan fingerprint density at radius 2 is 2.27 bits per heavy atom. The van der Waals surface area contributed by atoms with Gasteiger partial charge in [-0.2, -0.15) is 0 Å². The number of halogens is 2. The number of hydrogen-bond acceptors (Lipinski definition) is 4. The van der Waals surface area contributed by atoms with Crippen molar-refractivity contribution >= 4 is 23.2 Å². The molecule has 26 heavy (non-hydrogen) atoms. The average molecular weight is 376 g/mol. The van der Waals surface area contributed by atoms with E-state index < -0.39 is 0 Å². The average Bonchev–Trinajstić information content (AvgIpc) is 2.97. The maximum absolute atomic E-state index is 13.8. The van der Waals surface area contributed by atoms with Gasteiger partial charge in [0.15, 0.2) is 17.6 Å². The lowest BCUT2D eigenvalue weighted by atomic mass is 10.1. The van der Waals surface area contributed by atoms with Gasteiger partial charge < -0.3 is 14.8 Å². The van der Waals surface area contributed by atoms with E-state index in [1.165, 1.54) is 12.1 Å². The molecule has 1 aliphatic heterocycles. The van der Waals surface area contributed by atoms with Gasteiger partial charge in [0.05, 0.1) is 6.61 Å². The van der Waals surface area contributed by atoms with E-state index in [4.69, 9.17) is 21.1 Å². The van der Waals surface area contributed by atoms with Gasteiger partial charge in [-0.25, -0.2) is 9.37 Å². The molecule has 0 unspecified atom stereocenters. The molecule has 1 amide bonds. The maximum Gasteiger partial charge on any atom is 0.271 e. The largest absolute Gasteiger partial charge is 0.467 e. The number of imidazole rings is 1. The van der Waals surface area contributed by atoms with Crippen LogP contribution in [0.15, 0.2) is 36.5 Å². The predicted octanol–water partition coefficient (Wildman–Crippen LogP) is 2.97. The van der Waals surface area contributed by atoms with E-state index in [0.29, 0.717) is 42.1 Å². The summed E-state index contributed by atoms with van der Waals surface area (Å²) >= 11 is 6.10. The lowest BCUT2D eigenvalue weighted by molar-refractivity contribution is -0.0172. The van der Waals surface area contributed by atoms with E-state index >= 15 is 0 Å². The molecule has 134 valence electrons. The number of ether oxygens (including phenoxy) is 2. The van der Waals surface area contributed by atoms with Gasteiger partial charge in [0.1, 0.15) is 17.2 Å². The summed E-state index contributed by atoms with van der Waals surface area (Å²) in [6, 6.07) is 8.19. The van der Waals surface area contributed by atoms with E-state index in [-0.39, 0.29) is 29.4 Å². The Bertz CT molecular complexity index is 989. The van der Waals surface area contributed by atoms with Crippen LogP contribution in [0.5, 0.6) is 5.75 Å². The lowest BCUT2D eigenvalue weighted by Crippen LogP contribution is -2.27. The monoisotopic (exact) mass is 375 g/mol. The fraction of sp³-hybridized carbons (Fsp3) is 0.222. The maximum atomic E-state index is 13.8. The minimum atomic E-state index is -0.357. The van der Waals surface area contributed by atoms with Crippen LogP contribution in [0.2, 0.25) is 5.15 Å². The van der Waals surface area contributed by atoms with Crippen molar-refractivity contribution in [3.05, 3.63) is 64.3 Å². The summed E-state index contributed by atoms with van der Waals surface area (Å²) < 4.78 is 26.0. The standard InChI is InChI=1S/C18H15ClFN3O3/c19-17-15(23-6-2-1-3-14(23)22-17)18(24)21-5-4-11-7-13(20)8-12-9-25-10-26-16(11)12/h1-3,6-8H,4-5,9-10H2,(H,21,24). The number of carbonyl (C=O) groups excluding carboxylic acids is 1. The van der Waals surface area contributed by atoms with Crippen LogP contribution in [-0.2, 0) is 17.8 Å². The number of rotatable bonds is 4. The molecule has 6 nitrogen and oxygen atoms in total. The van der Waals surface area contributed by atoms with Gasteiger partial charge >= 0.3 is 0 Å². The minimum Gasteiger partial charge on any atom is -0.467 e.